The second-order valence-electron chi connectivity index (χ2n) is 7.03. The van der Waals surface area contributed by atoms with Crippen molar-refractivity contribution >= 4 is 11.6 Å². The summed E-state index contributed by atoms with van der Waals surface area (Å²) in [7, 11) is 0. The highest BCUT2D eigenvalue weighted by Gasteiger charge is 2.15. The zero-order valence-electron chi connectivity index (χ0n) is 16.6. The van der Waals surface area contributed by atoms with Crippen molar-refractivity contribution in [3.05, 3.63) is 59.7 Å². The fourth-order valence-electron chi connectivity index (χ4n) is 3.09. The molecule has 0 saturated heterocycles. The molecule has 0 unspecified atom stereocenters. The standard InChI is InChI=1S/C24H34O2/c1-5-8-9-10-11-12-14-20-18-21(23(25)13-6-2)15-16-22(20)24(26)17-19(4)7-3/h7,15-16,18H,3-6,8-14,17H2,1-2H3. The van der Waals surface area contributed by atoms with Gasteiger partial charge in [0.15, 0.2) is 11.6 Å². The molecule has 0 bridgehead atoms. The summed E-state index contributed by atoms with van der Waals surface area (Å²) in [5.74, 6) is 0.219. The van der Waals surface area contributed by atoms with Crippen molar-refractivity contribution in [1.82, 2.24) is 0 Å². The normalized spacial score (nSPS) is 10.5. The fourth-order valence-corrected chi connectivity index (χ4v) is 3.09. The highest BCUT2D eigenvalue weighted by molar-refractivity contribution is 6.01. The van der Waals surface area contributed by atoms with E-state index in [9.17, 15) is 9.59 Å². The van der Waals surface area contributed by atoms with Gasteiger partial charge in [0.25, 0.3) is 0 Å². The Kier molecular flexibility index (Phi) is 10.5. The lowest BCUT2D eigenvalue weighted by Crippen LogP contribution is -2.08. The Morgan fingerprint density at radius 2 is 1.65 bits per heavy atom. The molecule has 0 spiro atoms. The molecule has 0 heterocycles. The number of carbonyl (C=O) groups is 2. The second-order valence-corrected chi connectivity index (χ2v) is 7.03. The van der Waals surface area contributed by atoms with E-state index in [4.69, 9.17) is 0 Å². The van der Waals surface area contributed by atoms with Gasteiger partial charge in [0.1, 0.15) is 0 Å². The van der Waals surface area contributed by atoms with Crippen molar-refractivity contribution in [3.63, 3.8) is 0 Å². The Bertz CT molecular complexity index is 625. The highest BCUT2D eigenvalue weighted by atomic mass is 16.1. The van der Waals surface area contributed by atoms with Gasteiger partial charge in [0.05, 0.1) is 0 Å². The van der Waals surface area contributed by atoms with Crippen LogP contribution in [0.25, 0.3) is 0 Å². The average Bonchev–Trinajstić information content (AvgIpc) is 2.64. The highest BCUT2D eigenvalue weighted by Crippen LogP contribution is 2.20. The number of hydrogen-bond donors (Lipinski definition) is 0. The van der Waals surface area contributed by atoms with Crippen LogP contribution in [0, 0.1) is 0 Å². The fraction of sp³-hybridized carbons (Fsp3) is 0.500. The number of unbranched alkanes of at least 4 members (excludes halogenated alkanes) is 5. The zero-order chi connectivity index (χ0) is 19.4. The first-order valence-electron chi connectivity index (χ1n) is 10.0. The summed E-state index contributed by atoms with van der Waals surface area (Å²) in [6.07, 6.45) is 11.4. The van der Waals surface area contributed by atoms with E-state index in [1.165, 1.54) is 32.1 Å². The van der Waals surface area contributed by atoms with E-state index in [1.807, 2.05) is 19.1 Å². The van der Waals surface area contributed by atoms with Crippen LogP contribution in [-0.2, 0) is 6.42 Å². The lowest BCUT2D eigenvalue weighted by molar-refractivity contribution is 0.0974. The van der Waals surface area contributed by atoms with Crippen molar-refractivity contribution < 1.29 is 9.59 Å². The Labute approximate surface area is 159 Å². The van der Waals surface area contributed by atoms with E-state index in [2.05, 4.69) is 20.1 Å². The van der Waals surface area contributed by atoms with Gasteiger partial charge in [-0.25, -0.2) is 0 Å². The van der Waals surface area contributed by atoms with E-state index in [0.29, 0.717) is 6.42 Å². The van der Waals surface area contributed by atoms with Crippen LogP contribution in [0.4, 0.5) is 0 Å². The van der Waals surface area contributed by atoms with Crippen LogP contribution in [0.5, 0.6) is 0 Å². The molecule has 0 aromatic heterocycles. The van der Waals surface area contributed by atoms with Crippen LogP contribution >= 0.6 is 0 Å². The van der Waals surface area contributed by atoms with Gasteiger partial charge in [0, 0.05) is 24.0 Å². The largest absolute Gasteiger partial charge is 0.294 e. The maximum atomic E-state index is 12.6. The molecule has 0 fully saturated rings. The van der Waals surface area contributed by atoms with E-state index in [-0.39, 0.29) is 18.0 Å². The topological polar surface area (TPSA) is 34.1 Å². The molecule has 1 aromatic rings. The summed E-state index contributed by atoms with van der Waals surface area (Å²) in [4.78, 5) is 24.9. The lowest BCUT2D eigenvalue weighted by Gasteiger charge is -2.11. The van der Waals surface area contributed by atoms with Crippen LogP contribution in [-0.4, -0.2) is 11.6 Å². The Balaban J connectivity index is 2.89. The molecule has 2 nitrogen and oxygen atoms in total. The van der Waals surface area contributed by atoms with Crippen molar-refractivity contribution in [2.75, 3.05) is 0 Å². The van der Waals surface area contributed by atoms with Crippen LogP contribution in [0.1, 0.15) is 97.9 Å². The van der Waals surface area contributed by atoms with Gasteiger partial charge in [-0.3, -0.25) is 9.59 Å². The van der Waals surface area contributed by atoms with Crippen LogP contribution in [0.2, 0.25) is 0 Å². The minimum atomic E-state index is 0.0605. The number of Topliss-reactive ketones (excluding diaryl/α,β-unsaturated/α-hetero) is 2. The number of carbonyl (C=O) groups excluding carboxylic acids is 2. The number of hydrogen-bond acceptors (Lipinski definition) is 2. The maximum absolute atomic E-state index is 12.6. The summed E-state index contributed by atoms with van der Waals surface area (Å²) < 4.78 is 0. The van der Waals surface area contributed by atoms with E-state index >= 15 is 0 Å². The van der Waals surface area contributed by atoms with E-state index in [0.717, 1.165) is 41.5 Å². The molecule has 2 heteroatoms. The first-order chi connectivity index (χ1) is 12.5. The Morgan fingerprint density at radius 1 is 0.962 bits per heavy atom. The van der Waals surface area contributed by atoms with Crippen molar-refractivity contribution in [2.24, 2.45) is 0 Å². The second kappa shape index (κ2) is 12.4. The molecule has 0 aliphatic carbocycles. The van der Waals surface area contributed by atoms with Crippen LogP contribution in [0.3, 0.4) is 0 Å². The first-order valence-corrected chi connectivity index (χ1v) is 10.0. The maximum Gasteiger partial charge on any atom is 0.167 e. The number of benzene rings is 1. The number of rotatable bonds is 14. The predicted molar refractivity (Wildman–Crippen MR) is 111 cm³/mol. The number of allylic oxidation sites excluding steroid dienone is 2. The molecule has 1 rings (SSSR count). The number of aryl methyl sites for hydroxylation is 1. The molecule has 0 aliphatic heterocycles. The first kappa shape index (κ1) is 22.1. The molecular weight excluding hydrogens is 320 g/mol. The van der Waals surface area contributed by atoms with Crippen LogP contribution < -0.4 is 0 Å². The van der Waals surface area contributed by atoms with Gasteiger partial charge in [0.2, 0.25) is 0 Å². The SMILES string of the molecule is C=CC(=C)CC(=O)c1ccc(C(=O)CCC)cc1CCCCCCCC. The van der Waals surface area contributed by atoms with Gasteiger partial charge in [-0.15, -0.1) is 0 Å². The minimum absolute atomic E-state index is 0.0605. The summed E-state index contributed by atoms with van der Waals surface area (Å²) in [6.45, 7) is 11.7. The van der Waals surface area contributed by atoms with Crippen molar-refractivity contribution in [1.29, 1.82) is 0 Å². The zero-order valence-corrected chi connectivity index (χ0v) is 16.6. The third-order valence-corrected chi connectivity index (χ3v) is 4.68. The molecule has 0 N–H and O–H groups in total. The Morgan fingerprint density at radius 3 is 2.31 bits per heavy atom. The van der Waals surface area contributed by atoms with Crippen LogP contribution in [0.15, 0.2) is 43.0 Å². The summed E-state index contributed by atoms with van der Waals surface area (Å²) in [5, 5.41) is 0. The third-order valence-electron chi connectivity index (χ3n) is 4.68. The van der Waals surface area contributed by atoms with Gasteiger partial charge >= 0.3 is 0 Å². The molecule has 26 heavy (non-hydrogen) atoms. The molecule has 0 saturated carbocycles. The monoisotopic (exact) mass is 354 g/mol. The van der Waals surface area contributed by atoms with Crippen molar-refractivity contribution in [3.8, 4) is 0 Å². The Hall–Kier alpha value is -1.96. The van der Waals surface area contributed by atoms with Gasteiger partial charge in [-0.2, -0.15) is 0 Å². The summed E-state index contributed by atoms with van der Waals surface area (Å²) in [6, 6.07) is 5.56. The summed E-state index contributed by atoms with van der Waals surface area (Å²) >= 11 is 0. The lowest BCUT2D eigenvalue weighted by atomic mass is 9.92. The van der Waals surface area contributed by atoms with E-state index in [1.54, 1.807) is 12.1 Å². The molecule has 0 radical (unpaired) electrons. The predicted octanol–water partition coefficient (Wildman–Crippen LogP) is 6.89. The van der Waals surface area contributed by atoms with Gasteiger partial charge in [-0.05, 0) is 36.5 Å². The molecule has 0 aliphatic rings. The molecule has 0 amide bonds. The van der Waals surface area contributed by atoms with Gasteiger partial charge < -0.3 is 0 Å². The summed E-state index contributed by atoms with van der Waals surface area (Å²) in [5.41, 5.74) is 3.19. The minimum Gasteiger partial charge on any atom is -0.294 e. The number of ketones is 2. The van der Waals surface area contributed by atoms with E-state index < -0.39 is 0 Å². The molecular formula is C24H34O2. The quantitative estimate of drug-likeness (QED) is 0.207. The molecule has 1 aromatic carbocycles. The third kappa shape index (κ3) is 7.51. The molecule has 0 atom stereocenters. The van der Waals surface area contributed by atoms with Gasteiger partial charge in [-0.1, -0.05) is 77.3 Å². The molecule has 142 valence electrons. The van der Waals surface area contributed by atoms with Crippen molar-refractivity contribution in [2.45, 2.75) is 78.1 Å². The smallest absolute Gasteiger partial charge is 0.167 e. The average molecular weight is 355 g/mol.